The number of amides is 1. The minimum Gasteiger partial charge on any atom is -0.482 e. The molecule has 2 aromatic carbocycles. The maximum absolute atomic E-state index is 12.7. The van der Waals surface area contributed by atoms with Crippen LogP contribution >= 0.6 is 0 Å². The van der Waals surface area contributed by atoms with Gasteiger partial charge in [-0.15, -0.1) is 0 Å². The Balaban J connectivity index is 1.62. The molecule has 0 radical (unpaired) electrons. The molecule has 0 spiro atoms. The van der Waals surface area contributed by atoms with Crippen molar-refractivity contribution in [1.29, 1.82) is 0 Å². The zero-order valence-corrected chi connectivity index (χ0v) is 15.7. The number of nitrogens with zero attached hydrogens (tertiary/aromatic N) is 1. The summed E-state index contributed by atoms with van der Waals surface area (Å²) in [6, 6.07) is 16.7. The first-order chi connectivity index (χ1) is 13.4. The van der Waals surface area contributed by atoms with Crippen molar-refractivity contribution >= 4 is 27.4 Å². The van der Waals surface area contributed by atoms with Gasteiger partial charge in [0.2, 0.25) is 0 Å². The molecule has 8 heteroatoms. The van der Waals surface area contributed by atoms with Crippen molar-refractivity contribution in [3.05, 3.63) is 72.1 Å². The lowest BCUT2D eigenvalue weighted by Crippen LogP contribution is -2.43. The summed E-state index contributed by atoms with van der Waals surface area (Å²) < 4.78 is 33.8. The molecule has 0 bridgehead atoms. The van der Waals surface area contributed by atoms with Gasteiger partial charge in [0.15, 0.2) is 23.1 Å². The SMILES string of the molecule is O=C(COc1ccccc1)OCC(=O)N(c1ccccc1)[C@H]1C=CS(=O)(=O)C1. The van der Waals surface area contributed by atoms with Gasteiger partial charge in [-0.1, -0.05) is 36.4 Å². The molecule has 0 saturated heterocycles. The molecule has 28 heavy (non-hydrogen) atoms. The van der Waals surface area contributed by atoms with Gasteiger partial charge in [-0.25, -0.2) is 13.2 Å². The van der Waals surface area contributed by atoms with Crippen molar-refractivity contribution in [1.82, 2.24) is 0 Å². The van der Waals surface area contributed by atoms with E-state index in [1.165, 1.54) is 11.0 Å². The van der Waals surface area contributed by atoms with Gasteiger partial charge in [-0.3, -0.25) is 4.79 Å². The van der Waals surface area contributed by atoms with E-state index in [4.69, 9.17) is 9.47 Å². The molecule has 146 valence electrons. The summed E-state index contributed by atoms with van der Waals surface area (Å²) in [6.07, 6.45) is 1.46. The van der Waals surface area contributed by atoms with Crippen LogP contribution in [-0.2, 0) is 24.2 Å². The van der Waals surface area contributed by atoms with E-state index in [2.05, 4.69) is 0 Å². The molecule has 1 aliphatic rings. The fraction of sp³-hybridized carbons (Fsp3) is 0.200. The van der Waals surface area contributed by atoms with Crippen LogP contribution in [0.3, 0.4) is 0 Å². The van der Waals surface area contributed by atoms with Crippen LogP contribution in [0.1, 0.15) is 0 Å². The lowest BCUT2D eigenvalue weighted by atomic mass is 10.2. The van der Waals surface area contributed by atoms with Gasteiger partial charge in [0, 0.05) is 11.1 Å². The van der Waals surface area contributed by atoms with Crippen LogP contribution in [0, 0.1) is 0 Å². The second-order valence-electron chi connectivity index (χ2n) is 6.09. The zero-order chi connectivity index (χ0) is 20.0. The Hall–Kier alpha value is -3.13. The van der Waals surface area contributed by atoms with E-state index in [0.29, 0.717) is 11.4 Å². The Morgan fingerprint density at radius 2 is 1.61 bits per heavy atom. The monoisotopic (exact) mass is 401 g/mol. The molecule has 0 aromatic heterocycles. The number of hydrogen-bond acceptors (Lipinski definition) is 6. The lowest BCUT2D eigenvalue weighted by molar-refractivity contribution is -0.149. The Kier molecular flexibility index (Phi) is 6.10. The average molecular weight is 401 g/mol. The molecule has 0 fully saturated rings. The Morgan fingerprint density at radius 1 is 0.964 bits per heavy atom. The quantitative estimate of drug-likeness (QED) is 0.659. The first kappa shape index (κ1) is 19.6. The highest BCUT2D eigenvalue weighted by atomic mass is 32.2. The summed E-state index contributed by atoms with van der Waals surface area (Å²) in [5.74, 6) is -0.914. The second-order valence-corrected chi connectivity index (χ2v) is 8.02. The van der Waals surface area contributed by atoms with Gasteiger partial charge in [0.05, 0.1) is 11.8 Å². The number of rotatable bonds is 7. The van der Waals surface area contributed by atoms with Gasteiger partial charge in [-0.2, -0.15) is 0 Å². The van der Waals surface area contributed by atoms with Crippen LogP contribution in [0.5, 0.6) is 5.75 Å². The summed E-state index contributed by atoms with van der Waals surface area (Å²) >= 11 is 0. The number of benzene rings is 2. The number of hydrogen-bond donors (Lipinski definition) is 0. The van der Waals surface area contributed by atoms with Crippen molar-refractivity contribution in [2.75, 3.05) is 23.9 Å². The number of anilines is 1. The summed E-state index contributed by atoms with van der Waals surface area (Å²) in [7, 11) is -3.35. The highest BCUT2D eigenvalue weighted by Gasteiger charge is 2.31. The number of carbonyl (C=O) groups excluding carboxylic acids is 2. The highest BCUT2D eigenvalue weighted by Crippen LogP contribution is 2.22. The molecule has 0 saturated carbocycles. The van der Waals surface area contributed by atoms with E-state index in [1.54, 1.807) is 54.6 Å². The molecule has 0 aliphatic carbocycles. The van der Waals surface area contributed by atoms with Crippen LogP contribution in [0.4, 0.5) is 5.69 Å². The summed E-state index contributed by atoms with van der Waals surface area (Å²) in [5.41, 5.74) is 0.524. The predicted octanol–water partition coefficient (Wildman–Crippen LogP) is 1.95. The molecule has 3 rings (SSSR count). The molecule has 2 aromatic rings. The maximum atomic E-state index is 12.7. The smallest absolute Gasteiger partial charge is 0.344 e. The topological polar surface area (TPSA) is 90.0 Å². The molecule has 1 aliphatic heterocycles. The van der Waals surface area contributed by atoms with Gasteiger partial charge in [0.1, 0.15) is 5.75 Å². The van der Waals surface area contributed by atoms with Crippen molar-refractivity contribution in [3.8, 4) is 5.75 Å². The van der Waals surface area contributed by atoms with E-state index in [-0.39, 0.29) is 12.4 Å². The van der Waals surface area contributed by atoms with Crippen molar-refractivity contribution < 1.29 is 27.5 Å². The number of ether oxygens (including phenoxy) is 2. The standard InChI is InChI=1S/C20H19NO6S/c22-19(13-27-20(23)14-26-18-9-5-2-6-10-18)21(16-7-3-1-4-8-16)17-11-12-28(24,25)15-17/h1-12,17H,13-15H2/t17-/m0/s1. The Labute approximate surface area is 163 Å². The summed E-state index contributed by atoms with van der Waals surface area (Å²) in [4.78, 5) is 25.9. The molecule has 0 N–H and O–H groups in total. The second kappa shape index (κ2) is 8.71. The highest BCUT2D eigenvalue weighted by molar-refractivity contribution is 7.94. The molecule has 1 atom stereocenters. The molecular weight excluding hydrogens is 382 g/mol. The largest absolute Gasteiger partial charge is 0.482 e. The normalized spacial score (nSPS) is 17.1. The van der Waals surface area contributed by atoms with E-state index in [1.807, 2.05) is 6.07 Å². The van der Waals surface area contributed by atoms with E-state index >= 15 is 0 Å². The zero-order valence-electron chi connectivity index (χ0n) is 14.9. The number of sulfone groups is 1. The van der Waals surface area contributed by atoms with Crippen molar-refractivity contribution in [2.45, 2.75) is 6.04 Å². The average Bonchev–Trinajstić information content (AvgIpc) is 3.06. The maximum Gasteiger partial charge on any atom is 0.344 e. The first-order valence-electron chi connectivity index (χ1n) is 8.56. The molecular formula is C20H19NO6S. The van der Waals surface area contributed by atoms with Gasteiger partial charge < -0.3 is 14.4 Å². The van der Waals surface area contributed by atoms with E-state index < -0.39 is 34.4 Å². The number of carbonyl (C=O) groups is 2. The minimum absolute atomic E-state index is 0.210. The van der Waals surface area contributed by atoms with Crippen LogP contribution in [0.15, 0.2) is 72.1 Å². The van der Waals surface area contributed by atoms with Gasteiger partial charge in [0.25, 0.3) is 5.91 Å². The third-order valence-electron chi connectivity index (χ3n) is 4.00. The molecule has 1 amide bonds. The van der Waals surface area contributed by atoms with Crippen molar-refractivity contribution in [3.63, 3.8) is 0 Å². The predicted molar refractivity (Wildman–Crippen MR) is 104 cm³/mol. The molecule has 0 unspecified atom stereocenters. The summed E-state index contributed by atoms with van der Waals surface area (Å²) in [5, 5.41) is 1.10. The van der Waals surface area contributed by atoms with Crippen molar-refractivity contribution in [2.24, 2.45) is 0 Å². The van der Waals surface area contributed by atoms with Gasteiger partial charge in [-0.05, 0) is 30.3 Å². The fourth-order valence-electron chi connectivity index (χ4n) is 2.74. The Bertz CT molecular complexity index is 957. The van der Waals surface area contributed by atoms with Crippen LogP contribution in [0.2, 0.25) is 0 Å². The molecule has 7 nitrogen and oxygen atoms in total. The Morgan fingerprint density at radius 3 is 2.21 bits per heavy atom. The number of para-hydroxylation sites is 2. The van der Waals surface area contributed by atoms with Crippen LogP contribution in [-0.4, -0.2) is 45.3 Å². The molecule has 1 heterocycles. The van der Waals surface area contributed by atoms with Crippen LogP contribution < -0.4 is 9.64 Å². The van der Waals surface area contributed by atoms with E-state index in [9.17, 15) is 18.0 Å². The number of esters is 1. The van der Waals surface area contributed by atoms with E-state index in [0.717, 1.165) is 5.41 Å². The lowest BCUT2D eigenvalue weighted by Gasteiger charge is -2.27. The third-order valence-corrected chi connectivity index (χ3v) is 5.38. The van der Waals surface area contributed by atoms with Gasteiger partial charge >= 0.3 is 5.97 Å². The fourth-order valence-corrected chi connectivity index (χ4v) is 4.01. The first-order valence-corrected chi connectivity index (χ1v) is 10.3. The summed E-state index contributed by atoms with van der Waals surface area (Å²) in [6.45, 7) is -0.851. The van der Waals surface area contributed by atoms with Crippen LogP contribution in [0.25, 0.3) is 0 Å². The third kappa shape index (κ3) is 5.20. The minimum atomic E-state index is -3.35.